The van der Waals surface area contributed by atoms with E-state index in [9.17, 15) is 0 Å². The minimum Gasteiger partial charge on any atom is -0.367 e. The fourth-order valence-electron chi connectivity index (χ4n) is 2.19. The third-order valence-corrected chi connectivity index (χ3v) is 3.51. The number of nitrogens with one attached hydrogen (secondary N) is 2. The van der Waals surface area contributed by atoms with Gasteiger partial charge in [-0.15, -0.1) is 0 Å². The Morgan fingerprint density at radius 3 is 2.64 bits per heavy atom. The number of imidazole rings is 1. The third kappa shape index (κ3) is 2.90. The largest absolute Gasteiger partial charge is 0.367 e. The van der Waals surface area contributed by atoms with Crippen LogP contribution in [0.3, 0.4) is 0 Å². The Kier molecular flexibility index (Phi) is 3.19. The maximum absolute atomic E-state index is 4.47. The van der Waals surface area contributed by atoms with Gasteiger partial charge in [-0.3, -0.25) is 0 Å². The van der Waals surface area contributed by atoms with Crippen LogP contribution < -0.4 is 10.6 Å². The molecule has 1 saturated carbocycles. The highest BCUT2D eigenvalue weighted by molar-refractivity contribution is 5.57. The summed E-state index contributed by atoms with van der Waals surface area (Å²) >= 11 is 0. The number of anilines is 3. The second-order valence-electron chi connectivity index (χ2n) is 5.33. The summed E-state index contributed by atoms with van der Waals surface area (Å²) < 4.78 is 1.96. The van der Waals surface area contributed by atoms with Crippen LogP contribution in [0.15, 0.2) is 55.2 Å². The quantitative estimate of drug-likeness (QED) is 0.756. The van der Waals surface area contributed by atoms with E-state index in [4.69, 9.17) is 0 Å². The van der Waals surface area contributed by atoms with Crippen molar-refractivity contribution in [3.05, 3.63) is 55.2 Å². The fourth-order valence-corrected chi connectivity index (χ4v) is 2.19. The topological polar surface area (TPSA) is 67.7 Å². The van der Waals surface area contributed by atoms with Crippen LogP contribution in [0.5, 0.6) is 0 Å². The SMILES string of the molecule is c1cn(-c2ccc(Nc3nccc(NC4CC4)n3)cc2)cn1. The van der Waals surface area contributed by atoms with Gasteiger partial charge in [0.1, 0.15) is 5.82 Å². The molecule has 0 aliphatic heterocycles. The van der Waals surface area contributed by atoms with Crippen molar-refractivity contribution >= 4 is 17.5 Å². The van der Waals surface area contributed by atoms with Crippen LogP contribution in [0.1, 0.15) is 12.8 Å². The van der Waals surface area contributed by atoms with Crippen molar-refractivity contribution in [2.45, 2.75) is 18.9 Å². The lowest BCUT2D eigenvalue weighted by Crippen LogP contribution is -2.05. The molecular weight excluding hydrogens is 276 g/mol. The predicted molar refractivity (Wildman–Crippen MR) is 85.5 cm³/mol. The van der Waals surface area contributed by atoms with Crippen molar-refractivity contribution < 1.29 is 0 Å². The number of benzene rings is 1. The van der Waals surface area contributed by atoms with Gasteiger partial charge in [-0.2, -0.15) is 4.98 Å². The van der Waals surface area contributed by atoms with Crippen molar-refractivity contribution in [3.8, 4) is 5.69 Å². The van der Waals surface area contributed by atoms with Gasteiger partial charge < -0.3 is 15.2 Å². The normalized spacial score (nSPS) is 13.8. The predicted octanol–water partition coefficient (Wildman–Crippen LogP) is 2.98. The van der Waals surface area contributed by atoms with E-state index in [1.807, 2.05) is 41.1 Å². The van der Waals surface area contributed by atoms with Crippen LogP contribution in [0.25, 0.3) is 5.69 Å². The number of aromatic nitrogens is 4. The van der Waals surface area contributed by atoms with Crippen LogP contribution in [0.4, 0.5) is 17.5 Å². The molecule has 6 nitrogen and oxygen atoms in total. The summed E-state index contributed by atoms with van der Waals surface area (Å²) in [6.45, 7) is 0. The van der Waals surface area contributed by atoms with Gasteiger partial charge in [0, 0.05) is 36.0 Å². The summed E-state index contributed by atoms with van der Waals surface area (Å²) in [7, 11) is 0. The number of rotatable bonds is 5. The number of hydrogen-bond acceptors (Lipinski definition) is 5. The molecule has 1 aliphatic rings. The Balaban J connectivity index is 1.48. The summed E-state index contributed by atoms with van der Waals surface area (Å²) in [4.78, 5) is 12.8. The Labute approximate surface area is 128 Å². The minimum atomic E-state index is 0.581. The molecule has 0 spiro atoms. The van der Waals surface area contributed by atoms with E-state index in [1.165, 1.54) is 12.8 Å². The second kappa shape index (κ2) is 5.48. The molecule has 2 N–H and O–H groups in total. The molecule has 1 fully saturated rings. The Morgan fingerprint density at radius 2 is 1.91 bits per heavy atom. The highest BCUT2D eigenvalue weighted by atomic mass is 15.2. The van der Waals surface area contributed by atoms with Gasteiger partial charge in [0.05, 0.1) is 6.33 Å². The molecule has 4 rings (SSSR count). The van der Waals surface area contributed by atoms with Crippen LogP contribution >= 0.6 is 0 Å². The average molecular weight is 292 g/mol. The van der Waals surface area contributed by atoms with E-state index >= 15 is 0 Å². The molecule has 0 radical (unpaired) electrons. The van der Waals surface area contributed by atoms with Gasteiger partial charge >= 0.3 is 0 Å². The number of nitrogens with zero attached hydrogens (tertiary/aromatic N) is 4. The lowest BCUT2D eigenvalue weighted by molar-refractivity contribution is 1.06. The average Bonchev–Trinajstić information content (AvgIpc) is 3.18. The van der Waals surface area contributed by atoms with Gasteiger partial charge in [0.25, 0.3) is 0 Å². The van der Waals surface area contributed by atoms with E-state index in [2.05, 4.69) is 25.6 Å². The lowest BCUT2D eigenvalue weighted by Gasteiger charge is -2.08. The molecular formula is C16H16N6. The van der Waals surface area contributed by atoms with Crippen molar-refractivity contribution in [3.63, 3.8) is 0 Å². The zero-order chi connectivity index (χ0) is 14.8. The smallest absolute Gasteiger partial charge is 0.229 e. The molecule has 0 amide bonds. The van der Waals surface area contributed by atoms with Gasteiger partial charge in [0.15, 0.2) is 0 Å². The highest BCUT2D eigenvalue weighted by Gasteiger charge is 2.21. The van der Waals surface area contributed by atoms with Crippen molar-refractivity contribution in [1.82, 2.24) is 19.5 Å². The van der Waals surface area contributed by atoms with E-state index in [0.717, 1.165) is 17.2 Å². The Hall–Kier alpha value is -2.89. The first-order chi connectivity index (χ1) is 10.9. The first-order valence-electron chi connectivity index (χ1n) is 7.32. The van der Waals surface area contributed by atoms with Crippen LogP contribution in [0.2, 0.25) is 0 Å². The van der Waals surface area contributed by atoms with Gasteiger partial charge in [-0.1, -0.05) is 0 Å². The third-order valence-electron chi connectivity index (χ3n) is 3.51. The van der Waals surface area contributed by atoms with Crippen LogP contribution in [-0.4, -0.2) is 25.6 Å². The number of hydrogen-bond donors (Lipinski definition) is 2. The molecule has 1 aliphatic carbocycles. The van der Waals surface area contributed by atoms with E-state index in [1.54, 1.807) is 18.7 Å². The van der Waals surface area contributed by atoms with Crippen molar-refractivity contribution in [1.29, 1.82) is 0 Å². The Morgan fingerprint density at radius 1 is 1.05 bits per heavy atom. The van der Waals surface area contributed by atoms with Crippen LogP contribution in [0, 0.1) is 0 Å². The molecule has 0 saturated heterocycles. The summed E-state index contributed by atoms with van der Waals surface area (Å²) in [6.07, 6.45) is 9.67. The van der Waals surface area contributed by atoms with Gasteiger partial charge in [-0.25, -0.2) is 9.97 Å². The summed E-state index contributed by atoms with van der Waals surface area (Å²) in [5, 5.41) is 6.59. The molecule has 0 bridgehead atoms. The fraction of sp³-hybridized carbons (Fsp3) is 0.188. The van der Waals surface area contributed by atoms with E-state index in [0.29, 0.717) is 12.0 Å². The highest BCUT2D eigenvalue weighted by Crippen LogP contribution is 2.24. The zero-order valence-corrected chi connectivity index (χ0v) is 12.0. The van der Waals surface area contributed by atoms with Crippen LogP contribution in [-0.2, 0) is 0 Å². The monoisotopic (exact) mass is 292 g/mol. The van der Waals surface area contributed by atoms with E-state index < -0.39 is 0 Å². The molecule has 1 aromatic carbocycles. The lowest BCUT2D eigenvalue weighted by atomic mass is 10.3. The molecule has 3 aromatic rings. The minimum absolute atomic E-state index is 0.581. The maximum atomic E-state index is 4.47. The summed E-state index contributed by atoms with van der Waals surface area (Å²) in [6, 6.07) is 10.5. The maximum Gasteiger partial charge on any atom is 0.229 e. The summed E-state index contributed by atoms with van der Waals surface area (Å²) in [5.41, 5.74) is 2.01. The first kappa shape index (κ1) is 12.8. The second-order valence-corrected chi connectivity index (χ2v) is 5.33. The molecule has 0 atom stereocenters. The molecule has 2 heterocycles. The molecule has 2 aromatic heterocycles. The molecule has 0 unspecified atom stereocenters. The molecule has 22 heavy (non-hydrogen) atoms. The standard InChI is InChI=1S/C16H16N6/c1-2-12(1)19-15-7-8-18-16(21-15)20-13-3-5-14(6-4-13)22-10-9-17-11-22/h3-12H,1-2H2,(H2,18,19,20,21). The Bertz CT molecular complexity index is 747. The summed E-state index contributed by atoms with van der Waals surface area (Å²) in [5.74, 6) is 1.47. The van der Waals surface area contributed by atoms with Crippen molar-refractivity contribution in [2.24, 2.45) is 0 Å². The molecule has 110 valence electrons. The van der Waals surface area contributed by atoms with Gasteiger partial charge in [0.2, 0.25) is 5.95 Å². The van der Waals surface area contributed by atoms with Gasteiger partial charge in [-0.05, 0) is 43.2 Å². The van der Waals surface area contributed by atoms with Crippen molar-refractivity contribution in [2.75, 3.05) is 10.6 Å². The first-order valence-corrected chi connectivity index (χ1v) is 7.32. The zero-order valence-electron chi connectivity index (χ0n) is 12.0. The van der Waals surface area contributed by atoms with E-state index in [-0.39, 0.29) is 0 Å². The molecule has 6 heteroatoms.